The lowest BCUT2D eigenvalue weighted by atomic mass is 9.97. The molecule has 1 atom stereocenters. The topological polar surface area (TPSA) is 50.7 Å². The Morgan fingerprint density at radius 1 is 0.839 bits per heavy atom. The van der Waals surface area contributed by atoms with Gasteiger partial charge >= 0.3 is 0 Å². The van der Waals surface area contributed by atoms with Crippen molar-refractivity contribution in [2.24, 2.45) is 0 Å². The van der Waals surface area contributed by atoms with E-state index in [4.69, 9.17) is 9.47 Å². The van der Waals surface area contributed by atoms with Crippen molar-refractivity contribution in [2.45, 2.75) is 39.8 Å². The Balaban J connectivity index is 1.55. The van der Waals surface area contributed by atoms with Crippen LogP contribution in [0.3, 0.4) is 0 Å². The van der Waals surface area contributed by atoms with E-state index in [1.807, 2.05) is 37.3 Å². The summed E-state index contributed by atoms with van der Waals surface area (Å²) in [6.07, 6.45) is 0.304. The quantitative estimate of drug-likeness (QED) is 0.451. The van der Waals surface area contributed by atoms with Gasteiger partial charge in [-0.2, -0.15) is 0 Å². The molecule has 0 aromatic heterocycles. The molecule has 0 amide bonds. The van der Waals surface area contributed by atoms with Crippen LogP contribution in [0.2, 0.25) is 0 Å². The second-order valence-electron chi connectivity index (χ2n) is 8.02. The highest BCUT2D eigenvalue weighted by Crippen LogP contribution is 2.30. The Kier molecular flexibility index (Phi) is 8.10. The van der Waals surface area contributed by atoms with Crippen molar-refractivity contribution in [2.75, 3.05) is 20.3 Å². The highest BCUT2D eigenvalue weighted by molar-refractivity contribution is 5.43. The minimum atomic E-state index is -0.691. The summed E-state index contributed by atoms with van der Waals surface area (Å²) in [4.78, 5) is 0. The molecule has 3 aromatic rings. The van der Waals surface area contributed by atoms with Gasteiger partial charge in [0.2, 0.25) is 0 Å². The third-order valence-corrected chi connectivity index (χ3v) is 5.63. The first kappa shape index (κ1) is 22.9. The van der Waals surface area contributed by atoms with Gasteiger partial charge in [-0.15, -0.1) is 0 Å². The van der Waals surface area contributed by atoms with Crippen LogP contribution in [0.4, 0.5) is 0 Å². The van der Waals surface area contributed by atoms with E-state index in [-0.39, 0.29) is 6.61 Å². The Morgan fingerprint density at radius 2 is 1.58 bits per heavy atom. The zero-order valence-corrected chi connectivity index (χ0v) is 18.9. The summed E-state index contributed by atoms with van der Waals surface area (Å²) in [6, 6.07) is 20.5. The highest BCUT2D eigenvalue weighted by atomic mass is 16.5. The Hall–Kier alpha value is -2.82. The fourth-order valence-corrected chi connectivity index (χ4v) is 3.65. The van der Waals surface area contributed by atoms with Gasteiger partial charge in [0.15, 0.2) is 11.5 Å². The largest absolute Gasteiger partial charge is 0.493 e. The standard InChI is InChI=1S/C27H33NO3/c1-19-14-21(3)24(15-20(19)2)25(29)18-31-26-11-10-23(16-27(26)30-4)17-28-13-12-22-8-6-5-7-9-22/h5-11,14-16,25,28-29H,12-13,17-18H2,1-4H3/t25-/m1/s1. The summed E-state index contributed by atoms with van der Waals surface area (Å²) < 4.78 is 11.4. The Morgan fingerprint density at radius 3 is 2.32 bits per heavy atom. The van der Waals surface area contributed by atoms with Crippen molar-refractivity contribution in [3.8, 4) is 11.5 Å². The molecule has 0 aliphatic carbocycles. The van der Waals surface area contributed by atoms with Crippen molar-refractivity contribution in [1.82, 2.24) is 5.32 Å². The minimum Gasteiger partial charge on any atom is -0.493 e. The van der Waals surface area contributed by atoms with Crippen LogP contribution in [0.1, 0.15) is 39.5 Å². The first-order valence-electron chi connectivity index (χ1n) is 10.8. The van der Waals surface area contributed by atoms with Gasteiger partial charge in [-0.3, -0.25) is 0 Å². The minimum absolute atomic E-state index is 0.175. The summed E-state index contributed by atoms with van der Waals surface area (Å²) in [5, 5.41) is 14.1. The van der Waals surface area contributed by atoms with Gasteiger partial charge in [-0.1, -0.05) is 48.5 Å². The summed E-state index contributed by atoms with van der Waals surface area (Å²) in [5.41, 5.74) is 6.83. The maximum absolute atomic E-state index is 10.7. The van der Waals surface area contributed by atoms with E-state index in [2.05, 4.69) is 49.5 Å². The average molecular weight is 420 g/mol. The lowest BCUT2D eigenvalue weighted by molar-refractivity contribution is 0.106. The first-order chi connectivity index (χ1) is 15.0. The molecule has 0 bridgehead atoms. The van der Waals surface area contributed by atoms with E-state index in [0.717, 1.165) is 36.2 Å². The number of hydrogen-bond acceptors (Lipinski definition) is 4. The number of nitrogens with one attached hydrogen (secondary N) is 1. The summed E-state index contributed by atoms with van der Waals surface area (Å²) in [5.74, 6) is 1.31. The number of rotatable bonds is 10. The zero-order chi connectivity index (χ0) is 22.2. The van der Waals surface area contributed by atoms with Crippen LogP contribution in [0, 0.1) is 20.8 Å². The van der Waals surface area contributed by atoms with Crippen LogP contribution >= 0.6 is 0 Å². The molecule has 0 aliphatic heterocycles. The fraction of sp³-hybridized carbons (Fsp3) is 0.333. The molecular weight excluding hydrogens is 386 g/mol. The molecule has 0 radical (unpaired) electrons. The van der Waals surface area contributed by atoms with Gasteiger partial charge in [-0.25, -0.2) is 0 Å². The smallest absolute Gasteiger partial charge is 0.161 e. The van der Waals surface area contributed by atoms with Crippen molar-refractivity contribution in [3.63, 3.8) is 0 Å². The van der Waals surface area contributed by atoms with Gasteiger partial charge in [-0.05, 0) is 79.3 Å². The van der Waals surface area contributed by atoms with E-state index in [9.17, 15) is 5.11 Å². The van der Waals surface area contributed by atoms with Gasteiger partial charge in [0.1, 0.15) is 12.7 Å². The molecular formula is C27H33NO3. The van der Waals surface area contributed by atoms with Gasteiger partial charge < -0.3 is 19.9 Å². The maximum Gasteiger partial charge on any atom is 0.161 e. The molecule has 0 saturated carbocycles. The maximum atomic E-state index is 10.7. The lowest BCUT2D eigenvalue weighted by Gasteiger charge is -2.18. The number of aryl methyl sites for hydroxylation is 3. The summed E-state index contributed by atoms with van der Waals surface area (Å²) >= 11 is 0. The number of aliphatic hydroxyl groups excluding tert-OH is 1. The number of hydrogen-bond donors (Lipinski definition) is 2. The molecule has 0 saturated heterocycles. The number of benzene rings is 3. The number of ether oxygens (including phenoxy) is 2. The molecule has 0 unspecified atom stereocenters. The van der Waals surface area contributed by atoms with E-state index in [0.29, 0.717) is 11.5 Å². The van der Waals surface area contributed by atoms with Gasteiger partial charge in [0.05, 0.1) is 7.11 Å². The number of methoxy groups -OCH3 is 1. The molecule has 0 aliphatic rings. The second kappa shape index (κ2) is 11.0. The molecule has 4 nitrogen and oxygen atoms in total. The molecule has 0 heterocycles. The first-order valence-corrected chi connectivity index (χ1v) is 10.8. The summed E-state index contributed by atoms with van der Waals surface area (Å²) in [6.45, 7) is 8.00. The second-order valence-corrected chi connectivity index (χ2v) is 8.02. The van der Waals surface area contributed by atoms with Crippen LogP contribution in [0.25, 0.3) is 0 Å². The zero-order valence-electron chi connectivity index (χ0n) is 18.9. The fourth-order valence-electron chi connectivity index (χ4n) is 3.65. The van der Waals surface area contributed by atoms with Crippen LogP contribution in [0.15, 0.2) is 60.7 Å². The summed E-state index contributed by atoms with van der Waals surface area (Å²) in [7, 11) is 1.64. The predicted molar refractivity (Wildman–Crippen MR) is 126 cm³/mol. The normalized spacial score (nSPS) is 11.9. The van der Waals surface area contributed by atoms with Gasteiger partial charge in [0.25, 0.3) is 0 Å². The van der Waals surface area contributed by atoms with E-state index >= 15 is 0 Å². The molecule has 0 fully saturated rings. The Bertz CT molecular complexity index is 985. The molecule has 31 heavy (non-hydrogen) atoms. The van der Waals surface area contributed by atoms with Crippen molar-refractivity contribution < 1.29 is 14.6 Å². The molecule has 164 valence electrons. The molecule has 3 rings (SSSR count). The molecule has 0 spiro atoms. The highest BCUT2D eigenvalue weighted by Gasteiger charge is 2.14. The van der Waals surface area contributed by atoms with E-state index in [1.165, 1.54) is 16.7 Å². The molecule has 2 N–H and O–H groups in total. The van der Waals surface area contributed by atoms with Crippen LogP contribution in [-0.2, 0) is 13.0 Å². The monoisotopic (exact) mass is 419 g/mol. The van der Waals surface area contributed by atoms with Crippen LogP contribution in [-0.4, -0.2) is 25.4 Å². The van der Waals surface area contributed by atoms with E-state index < -0.39 is 6.10 Å². The van der Waals surface area contributed by atoms with Gasteiger partial charge in [0, 0.05) is 6.54 Å². The van der Waals surface area contributed by atoms with Crippen LogP contribution in [0.5, 0.6) is 11.5 Å². The lowest BCUT2D eigenvalue weighted by Crippen LogP contribution is -2.16. The van der Waals surface area contributed by atoms with Crippen molar-refractivity contribution in [3.05, 3.63) is 94.0 Å². The predicted octanol–water partition coefficient (Wildman–Crippen LogP) is 5.07. The van der Waals surface area contributed by atoms with Crippen molar-refractivity contribution in [1.29, 1.82) is 0 Å². The third-order valence-electron chi connectivity index (χ3n) is 5.63. The van der Waals surface area contributed by atoms with Crippen LogP contribution < -0.4 is 14.8 Å². The SMILES string of the molecule is COc1cc(CNCCc2ccccc2)ccc1OC[C@@H](O)c1cc(C)c(C)cc1C. The molecule has 3 aromatic carbocycles. The Labute approximate surface area is 185 Å². The average Bonchev–Trinajstić information content (AvgIpc) is 2.78. The van der Waals surface area contributed by atoms with E-state index in [1.54, 1.807) is 7.11 Å². The third kappa shape index (κ3) is 6.33. The number of aliphatic hydroxyl groups is 1. The van der Waals surface area contributed by atoms with Crippen molar-refractivity contribution >= 4 is 0 Å². The molecule has 4 heteroatoms.